The van der Waals surface area contributed by atoms with Crippen LogP contribution >= 0.6 is 0 Å². The van der Waals surface area contributed by atoms with Crippen molar-refractivity contribution < 1.29 is 9.53 Å². The molecule has 3 nitrogen and oxygen atoms in total. The van der Waals surface area contributed by atoms with Crippen molar-refractivity contribution in [3.05, 3.63) is 0 Å². The molecule has 0 aromatic rings. The maximum Gasteiger partial charge on any atom is 0.407 e. The van der Waals surface area contributed by atoms with Crippen molar-refractivity contribution >= 4 is 6.09 Å². The summed E-state index contributed by atoms with van der Waals surface area (Å²) in [4.78, 5) is 11.8. The van der Waals surface area contributed by atoms with Gasteiger partial charge in [0.1, 0.15) is 0 Å². The van der Waals surface area contributed by atoms with Crippen LogP contribution in [0.25, 0.3) is 0 Å². The minimum Gasteiger partial charge on any atom is -0.453 e. The summed E-state index contributed by atoms with van der Waals surface area (Å²) in [5.74, 6) is 0.664. The number of carbonyl (C=O) groups is 1. The van der Waals surface area contributed by atoms with Crippen LogP contribution in [0.4, 0.5) is 4.79 Å². The van der Waals surface area contributed by atoms with E-state index in [1.165, 1.54) is 77.7 Å². The number of unbranched alkanes of at least 4 members (excludes halogenated alkanes) is 5. The van der Waals surface area contributed by atoms with Gasteiger partial charge in [0.25, 0.3) is 0 Å². The minimum atomic E-state index is -0.259. The summed E-state index contributed by atoms with van der Waals surface area (Å²) in [6.45, 7) is 6.90. The van der Waals surface area contributed by atoms with E-state index in [4.69, 9.17) is 4.74 Å². The van der Waals surface area contributed by atoms with E-state index < -0.39 is 0 Å². The van der Waals surface area contributed by atoms with Crippen LogP contribution in [0.15, 0.2) is 0 Å². The fourth-order valence-corrected chi connectivity index (χ4v) is 3.63. The average molecular weight is 312 g/mol. The maximum atomic E-state index is 11.8. The second-order valence-corrected chi connectivity index (χ2v) is 7.37. The monoisotopic (exact) mass is 311 g/mol. The highest BCUT2D eigenvalue weighted by Crippen LogP contribution is 2.45. The van der Waals surface area contributed by atoms with Gasteiger partial charge >= 0.3 is 6.09 Å². The molecule has 1 rings (SSSR count). The van der Waals surface area contributed by atoms with Crippen molar-refractivity contribution in [3.8, 4) is 0 Å². The molecule has 130 valence electrons. The Morgan fingerprint density at radius 3 is 2.23 bits per heavy atom. The molecule has 0 spiro atoms. The number of hydrogen-bond donors (Lipinski definition) is 1. The topological polar surface area (TPSA) is 38.3 Å². The van der Waals surface area contributed by atoms with Gasteiger partial charge in [0.15, 0.2) is 0 Å². The van der Waals surface area contributed by atoms with E-state index in [2.05, 4.69) is 26.1 Å². The molecule has 3 heteroatoms. The van der Waals surface area contributed by atoms with Crippen molar-refractivity contribution in [3.63, 3.8) is 0 Å². The highest BCUT2D eigenvalue weighted by molar-refractivity contribution is 5.67. The van der Waals surface area contributed by atoms with Gasteiger partial charge in [-0.25, -0.2) is 4.79 Å². The van der Waals surface area contributed by atoms with Crippen LogP contribution in [0.3, 0.4) is 0 Å². The second kappa shape index (κ2) is 10.1. The fraction of sp³-hybridized carbons (Fsp3) is 0.947. The first kappa shape index (κ1) is 19.3. The van der Waals surface area contributed by atoms with Gasteiger partial charge in [-0.15, -0.1) is 0 Å². The molecule has 0 aromatic heterocycles. The van der Waals surface area contributed by atoms with Gasteiger partial charge in [0.2, 0.25) is 0 Å². The summed E-state index contributed by atoms with van der Waals surface area (Å²) in [5.41, 5.74) is 0.220. The SMILES string of the molecule is CCCCCCCC(C)(CCCC)[C@@H](NC(=O)OC)C1CC1. The van der Waals surface area contributed by atoms with Gasteiger partial charge in [-0.05, 0) is 37.0 Å². The molecule has 0 aliphatic heterocycles. The lowest BCUT2D eigenvalue weighted by Crippen LogP contribution is -2.48. The van der Waals surface area contributed by atoms with Gasteiger partial charge in [-0.1, -0.05) is 65.7 Å². The molecular formula is C19H37NO2. The summed E-state index contributed by atoms with van der Waals surface area (Å²) in [5, 5.41) is 3.17. The minimum absolute atomic E-state index is 0.220. The number of carbonyl (C=O) groups excluding carboxylic acids is 1. The molecule has 2 atom stereocenters. The summed E-state index contributed by atoms with van der Waals surface area (Å²) in [7, 11) is 1.47. The number of rotatable bonds is 12. The van der Waals surface area contributed by atoms with Crippen molar-refractivity contribution in [2.45, 2.75) is 97.4 Å². The third-order valence-corrected chi connectivity index (χ3v) is 5.26. The lowest BCUT2D eigenvalue weighted by Gasteiger charge is -2.39. The average Bonchev–Trinajstić information content (AvgIpc) is 3.34. The van der Waals surface area contributed by atoms with Crippen LogP contribution in [-0.4, -0.2) is 19.2 Å². The molecule has 1 fully saturated rings. The van der Waals surface area contributed by atoms with Gasteiger partial charge in [-0.3, -0.25) is 0 Å². The van der Waals surface area contributed by atoms with Crippen LogP contribution in [-0.2, 0) is 4.74 Å². The Balaban J connectivity index is 2.62. The van der Waals surface area contributed by atoms with Crippen LogP contribution in [0.5, 0.6) is 0 Å². The van der Waals surface area contributed by atoms with Crippen LogP contribution in [0, 0.1) is 11.3 Å². The first-order valence-corrected chi connectivity index (χ1v) is 9.41. The summed E-state index contributed by atoms with van der Waals surface area (Å²) in [6, 6.07) is 0.290. The zero-order chi connectivity index (χ0) is 16.4. The molecule has 0 aromatic carbocycles. The van der Waals surface area contributed by atoms with E-state index in [0.29, 0.717) is 5.92 Å². The molecule has 1 saturated carbocycles. The molecule has 0 radical (unpaired) electrons. The zero-order valence-electron chi connectivity index (χ0n) is 15.2. The Hall–Kier alpha value is -0.730. The van der Waals surface area contributed by atoms with E-state index in [1.54, 1.807) is 0 Å². The molecular weight excluding hydrogens is 274 g/mol. The van der Waals surface area contributed by atoms with Gasteiger partial charge in [-0.2, -0.15) is 0 Å². The Labute approximate surface area is 137 Å². The predicted molar refractivity (Wildman–Crippen MR) is 93.1 cm³/mol. The van der Waals surface area contributed by atoms with Gasteiger partial charge in [0, 0.05) is 6.04 Å². The van der Waals surface area contributed by atoms with E-state index >= 15 is 0 Å². The number of methoxy groups -OCH3 is 1. The lowest BCUT2D eigenvalue weighted by molar-refractivity contribution is 0.123. The van der Waals surface area contributed by atoms with Crippen LogP contribution in [0.2, 0.25) is 0 Å². The summed E-state index contributed by atoms with van der Waals surface area (Å²) >= 11 is 0. The largest absolute Gasteiger partial charge is 0.453 e. The smallest absolute Gasteiger partial charge is 0.407 e. The Morgan fingerprint density at radius 1 is 1.09 bits per heavy atom. The van der Waals surface area contributed by atoms with Gasteiger partial charge < -0.3 is 10.1 Å². The van der Waals surface area contributed by atoms with Crippen LogP contribution < -0.4 is 5.32 Å². The number of amides is 1. The molecule has 22 heavy (non-hydrogen) atoms. The number of alkyl carbamates (subject to hydrolysis) is 1. The molecule has 1 N–H and O–H groups in total. The van der Waals surface area contributed by atoms with Crippen molar-refractivity contribution in [2.75, 3.05) is 7.11 Å². The third-order valence-electron chi connectivity index (χ3n) is 5.26. The second-order valence-electron chi connectivity index (χ2n) is 7.37. The summed E-state index contributed by atoms with van der Waals surface area (Å²) in [6.07, 6.45) is 13.8. The van der Waals surface area contributed by atoms with Crippen LogP contribution in [0.1, 0.15) is 91.4 Å². The van der Waals surface area contributed by atoms with Crippen molar-refractivity contribution in [2.24, 2.45) is 11.3 Å². The van der Waals surface area contributed by atoms with E-state index in [9.17, 15) is 4.79 Å². The number of nitrogens with one attached hydrogen (secondary N) is 1. The third kappa shape index (κ3) is 6.58. The molecule has 1 aliphatic carbocycles. The maximum absolute atomic E-state index is 11.8. The number of ether oxygens (including phenoxy) is 1. The normalized spacial score (nSPS) is 18.5. The standard InChI is InChI=1S/C19H37NO2/c1-5-7-9-10-11-15-19(3,14-8-6-2)17(16-12-13-16)20-18(21)22-4/h16-17H,5-15H2,1-4H3,(H,20,21)/t17-,19?/m0/s1. The Bertz CT molecular complexity index is 315. The molecule has 1 aliphatic rings. The van der Waals surface area contributed by atoms with E-state index in [-0.39, 0.29) is 17.6 Å². The summed E-state index contributed by atoms with van der Waals surface area (Å²) < 4.78 is 4.87. The highest BCUT2D eigenvalue weighted by atomic mass is 16.5. The Kier molecular flexibility index (Phi) is 8.89. The Morgan fingerprint density at radius 2 is 1.68 bits per heavy atom. The quantitative estimate of drug-likeness (QED) is 0.471. The molecule has 1 amide bonds. The first-order valence-electron chi connectivity index (χ1n) is 9.41. The van der Waals surface area contributed by atoms with Crippen molar-refractivity contribution in [1.82, 2.24) is 5.32 Å². The molecule has 1 unspecified atom stereocenters. The number of hydrogen-bond acceptors (Lipinski definition) is 2. The first-order chi connectivity index (χ1) is 10.6. The molecule has 0 bridgehead atoms. The molecule has 0 saturated heterocycles. The van der Waals surface area contributed by atoms with E-state index in [0.717, 1.165) is 0 Å². The van der Waals surface area contributed by atoms with Gasteiger partial charge in [0.05, 0.1) is 7.11 Å². The predicted octanol–water partition coefficient (Wildman–Crippen LogP) is 5.68. The highest BCUT2D eigenvalue weighted by Gasteiger charge is 2.44. The zero-order valence-corrected chi connectivity index (χ0v) is 15.2. The van der Waals surface area contributed by atoms with Crippen molar-refractivity contribution in [1.29, 1.82) is 0 Å². The molecule has 0 heterocycles. The fourth-order valence-electron chi connectivity index (χ4n) is 3.63. The lowest BCUT2D eigenvalue weighted by atomic mass is 9.72. The van der Waals surface area contributed by atoms with E-state index in [1.807, 2.05) is 0 Å².